The van der Waals surface area contributed by atoms with Gasteiger partial charge < -0.3 is 10.6 Å². The summed E-state index contributed by atoms with van der Waals surface area (Å²) in [7, 11) is 0. The number of amides is 2. The Morgan fingerprint density at radius 1 is 0.929 bits per heavy atom. The van der Waals surface area contributed by atoms with Crippen molar-refractivity contribution in [3.63, 3.8) is 0 Å². The van der Waals surface area contributed by atoms with Gasteiger partial charge in [0.2, 0.25) is 5.82 Å². The highest BCUT2D eigenvalue weighted by Crippen LogP contribution is 2.13. The molecule has 0 aliphatic rings. The Morgan fingerprint density at radius 2 is 1.68 bits per heavy atom. The van der Waals surface area contributed by atoms with E-state index in [4.69, 9.17) is 0 Å². The van der Waals surface area contributed by atoms with E-state index in [1.54, 1.807) is 16.7 Å². The summed E-state index contributed by atoms with van der Waals surface area (Å²) >= 11 is 0. The maximum Gasteiger partial charge on any atom is 0.287 e. The van der Waals surface area contributed by atoms with Crippen molar-refractivity contribution in [1.29, 1.82) is 0 Å². The minimum Gasteiger partial charge on any atom is -0.351 e. The first kappa shape index (κ1) is 19.6. The molecule has 3 aromatic rings. The Kier molecular flexibility index (Phi) is 6.78. The zero-order chi connectivity index (χ0) is 19.8. The molecule has 0 bridgehead atoms. The van der Waals surface area contributed by atoms with Crippen LogP contribution in [0.25, 0.3) is 5.52 Å². The number of pyridine rings is 1. The molecule has 2 heterocycles. The van der Waals surface area contributed by atoms with Crippen molar-refractivity contribution >= 4 is 17.3 Å². The molecule has 0 unspecified atom stereocenters. The van der Waals surface area contributed by atoms with Gasteiger partial charge in [0.25, 0.3) is 11.8 Å². The van der Waals surface area contributed by atoms with E-state index >= 15 is 0 Å². The van der Waals surface area contributed by atoms with Crippen LogP contribution in [-0.4, -0.2) is 34.3 Å². The molecular weight excluding hydrogens is 352 g/mol. The van der Waals surface area contributed by atoms with E-state index in [1.807, 2.05) is 42.5 Å². The van der Waals surface area contributed by atoms with Crippen molar-refractivity contribution in [2.45, 2.75) is 32.6 Å². The van der Waals surface area contributed by atoms with E-state index in [2.05, 4.69) is 22.5 Å². The summed E-state index contributed by atoms with van der Waals surface area (Å²) in [4.78, 5) is 29.5. The number of carbonyl (C=O) groups excluding carboxylic acids is 2. The molecule has 6 nitrogen and oxygen atoms in total. The van der Waals surface area contributed by atoms with Gasteiger partial charge in [0.15, 0.2) is 5.69 Å². The second kappa shape index (κ2) is 9.69. The van der Waals surface area contributed by atoms with Crippen LogP contribution in [0.2, 0.25) is 0 Å². The number of nitrogens with one attached hydrogen (secondary N) is 2. The van der Waals surface area contributed by atoms with Crippen LogP contribution in [0, 0.1) is 0 Å². The second-order valence-electron chi connectivity index (χ2n) is 6.69. The first-order valence-corrected chi connectivity index (χ1v) is 9.78. The quantitative estimate of drug-likeness (QED) is 0.561. The summed E-state index contributed by atoms with van der Waals surface area (Å²) < 4.78 is 1.67. The first-order chi connectivity index (χ1) is 13.7. The molecule has 0 saturated carbocycles. The van der Waals surface area contributed by atoms with Gasteiger partial charge in [-0.3, -0.25) is 14.0 Å². The lowest BCUT2D eigenvalue weighted by Crippen LogP contribution is -2.28. The Bertz CT molecular complexity index is 934. The molecule has 0 atom stereocenters. The number of imidazole rings is 1. The minimum atomic E-state index is -0.290. The lowest BCUT2D eigenvalue weighted by Gasteiger charge is -2.04. The number of fused-ring (bicyclic) bond motifs is 1. The Hall–Kier alpha value is -3.15. The predicted molar refractivity (Wildman–Crippen MR) is 110 cm³/mol. The molecule has 0 aliphatic carbocycles. The van der Waals surface area contributed by atoms with Crippen molar-refractivity contribution in [3.05, 3.63) is 71.8 Å². The van der Waals surface area contributed by atoms with Crippen molar-refractivity contribution in [3.8, 4) is 0 Å². The first-order valence-electron chi connectivity index (χ1n) is 9.78. The zero-order valence-electron chi connectivity index (χ0n) is 16.1. The molecule has 28 heavy (non-hydrogen) atoms. The fourth-order valence-electron chi connectivity index (χ4n) is 3.07. The summed E-state index contributed by atoms with van der Waals surface area (Å²) in [6.07, 6.45) is 5.58. The Morgan fingerprint density at radius 3 is 2.46 bits per heavy atom. The molecule has 0 spiro atoms. The average molecular weight is 378 g/mol. The molecule has 0 fully saturated rings. The highest BCUT2D eigenvalue weighted by molar-refractivity contribution is 6.02. The van der Waals surface area contributed by atoms with Gasteiger partial charge in [-0.15, -0.1) is 0 Å². The van der Waals surface area contributed by atoms with E-state index < -0.39 is 0 Å². The molecule has 146 valence electrons. The zero-order valence-corrected chi connectivity index (χ0v) is 16.1. The molecular formula is C22H26N4O2. The lowest BCUT2D eigenvalue weighted by molar-refractivity contribution is 0.0943. The van der Waals surface area contributed by atoms with Gasteiger partial charge in [0.05, 0.1) is 5.52 Å². The molecule has 0 saturated heterocycles. The van der Waals surface area contributed by atoms with E-state index in [0.29, 0.717) is 18.6 Å². The maximum atomic E-state index is 12.7. The molecule has 2 aromatic heterocycles. The molecule has 3 rings (SSSR count). The van der Waals surface area contributed by atoms with E-state index in [9.17, 15) is 9.59 Å². The highest BCUT2D eigenvalue weighted by Gasteiger charge is 2.20. The smallest absolute Gasteiger partial charge is 0.287 e. The third-order valence-electron chi connectivity index (χ3n) is 4.57. The summed E-state index contributed by atoms with van der Waals surface area (Å²) in [5.41, 5.74) is 2.07. The molecule has 0 aliphatic heterocycles. The van der Waals surface area contributed by atoms with Gasteiger partial charge in [-0.05, 0) is 30.5 Å². The van der Waals surface area contributed by atoms with Crippen LogP contribution in [-0.2, 0) is 6.42 Å². The predicted octanol–water partition coefficient (Wildman–Crippen LogP) is 3.23. The number of unbranched alkanes of at least 4 members (excludes halogenated alkanes) is 2. The van der Waals surface area contributed by atoms with Gasteiger partial charge in [-0.2, -0.15) is 0 Å². The standard InChI is InChI=1S/C22H26N4O2/c1-2-3-8-14-23-21(27)19-18-12-7-9-16-26(18)20(25-19)22(28)24-15-13-17-10-5-4-6-11-17/h4-7,9-12,16H,2-3,8,13-15H2,1H3,(H,23,27)(H,24,28). The van der Waals surface area contributed by atoms with Crippen LogP contribution in [0.5, 0.6) is 0 Å². The number of rotatable bonds is 9. The largest absolute Gasteiger partial charge is 0.351 e. The Labute approximate surface area is 165 Å². The van der Waals surface area contributed by atoms with Crippen molar-refractivity contribution in [2.75, 3.05) is 13.1 Å². The third-order valence-corrected chi connectivity index (χ3v) is 4.57. The summed E-state index contributed by atoms with van der Waals surface area (Å²) in [6.45, 7) is 3.23. The SMILES string of the molecule is CCCCCNC(=O)c1nc(C(=O)NCCc2ccccc2)n2ccccc12. The minimum absolute atomic E-state index is 0.224. The second-order valence-corrected chi connectivity index (χ2v) is 6.69. The topological polar surface area (TPSA) is 75.5 Å². The average Bonchev–Trinajstić information content (AvgIpc) is 3.12. The van der Waals surface area contributed by atoms with E-state index in [1.165, 1.54) is 0 Å². The third kappa shape index (κ3) is 4.76. The van der Waals surface area contributed by atoms with Gasteiger partial charge in [-0.25, -0.2) is 4.98 Å². The van der Waals surface area contributed by atoms with Gasteiger partial charge in [-0.1, -0.05) is 56.2 Å². The van der Waals surface area contributed by atoms with E-state index in [-0.39, 0.29) is 23.3 Å². The number of hydrogen-bond acceptors (Lipinski definition) is 3. The number of benzene rings is 1. The number of aromatic nitrogens is 2. The summed E-state index contributed by atoms with van der Waals surface area (Å²) in [6, 6.07) is 15.4. The molecule has 0 radical (unpaired) electrons. The van der Waals surface area contributed by atoms with Gasteiger partial charge in [0.1, 0.15) is 0 Å². The Balaban J connectivity index is 1.70. The summed E-state index contributed by atoms with van der Waals surface area (Å²) in [5, 5.41) is 5.79. The van der Waals surface area contributed by atoms with Crippen molar-refractivity contribution < 1.29 is 9.59 Å². The number of carbonyl (C=O) groups is 2. The van der Waals surface area contributed by atoms with Crippen LogP contribution >= 0.6 is 0 Å². The fraction of sp³-hybridized carbons (Fsp3) is 0.318. The molecule has 6 heteroatoms. The van der Waals surface area contributed by atoms with Crippen LogP contribution in [0.15, 0.2) is 54.7 Å². The van der Waals surface area contributed by atoms with Crippen molar-refractivity contribution in [2.24, 2.45) is 0 Å². The number of nitrogens with zero attached hydrogens (tertiary/aromatic N) is 2. The maximum absolute atomic E-state index is 12.7. The fourth-order valence-corrected chi connectivity index (χ4v) is 3.07. The molecule has 2 N–H and O–H groups in total. The van der Waals surface area contributed by atoms with E-state index in [0.717, 1.165) is 31.2 Å². The van der Waals surface area contributed by atoms with Gasteiger partial charge in [0, 0.05) is 19.3 Å². The number of hydrogen-bond donors (Lipinski definition) is 2. The monoisotopic (exact) mass is 378 g/mol. The van der Waals surface area contributed by atoms with Crippen LogP contribution < -0.4 is 10.6 Å². The lowest BCUT2D eigenvalue weighted by atomic mass is 10.1. The molecule has 2 amide bonds. The molecule has 1 aromatic carbocycles. The normalized spacial score (nSPS) is 10.8. The van der Waals surface area contributed by atoms with Crippen LogP contribution in [0.4, 0.5) is 0 Å². The van der Waals surface area contributed by atoms with Gasteiger partial charge >= 0.3 is 0 Å². The van der Waals surface area contributed by atoms with Crippen LogP contribution in [0.1, 0.15) is 52.9 Å². The van der Waals surface area contributed by atoms with Crippen LogP contribution in [0.3, 0.4) is 0 Å². The summed E-state index contributed by atoms with van der Waals surface area (Å²) in [5.74, 6) is -0.312. The van der Waals surface area contributed by atoms with Crippen molar-refractivity contribution in [1.82, 2.24) is 20.0 Å². The highest BCUT2D eigenvalue weighted by atomic mass is 16.2.